The molecule has 314 valence electrons. The Balaban J connectivity index is 1.28. The lowest BCUT2D eigenvalue weighted by molar-refractivity contribution is -0.0282. The molecule has 61 heavy (non-hydrogen) atoms. The number of carbonyl (C=O) groups is 1. The second kappa shape index (κ2) is 20.2. The van der Waals surface area contributed by atoms with Crippen molar-refractivity contribution in [2.75, 3.05) is 25.6 Å². The summed E-state index contributed by atoms with van der Waals surface area (Å²) in [7, 11) is 0.0559. The number of amides is 1. The van der Waals surface area contributed by atoms with Crippen LogP contribution in [0.3, 0.4) is 0 Å². The minimum atomic E-state index is -1.61. The van der Waals surface area contributed by atoms with Gasteiger partial charge in [0.25, 0.3) is 14.4 Å². The van der Waals surface area contributed by atoms with Crippen LogP contribution in [0.5, 0.6) is 5.75 Å². The van der Waals surface area contributed by atoms with Crippen LogP contribution in [0.1, 0.15) is 73.6 Å². The van der Waals surface area contributed by atoms with E-state index in [1.807, 2.05) is 71.3 Å². The van der Waals surface area contributed by atoms with E-state index in [-0.39, 0.29) is 49.6 Å². The molecule has 7 rings (SSSR count). The number of hydrogen-bond acceptors (Lipinski definition) is 10. The molecule has 13 heteroatoms. The number of carbonyl (C=O) groups excluding carboxylic acids is 1. The van der Waals surface area contributed by atoms with Crippen molar-refractivity contribution in [3.05, 3.63) is 162 Å². The van der Waals surface area contributed by atoms with E-state index >= 15 is 0 Å². The van der Waals surface area contributed by atoms with Crippen LogP contribution in [-0.4, -0.2) is 68.6 Å². The van der Waals surface area contributed by atoms with Crippen LogP contribution in [0.2, 0.25) is 0 Å². The number of aromatic nitrogens is 4. The lowest BCUT2D eigenvalue weighted by atomic mass is 9.79. The van der Waals surface area contributed by atoms with E-state index in [0.717, 1.165) is 22.4 Å². The molecule has 0 saturated heterocycles. The van der Waals surface area contributed by atoms with Gasteiger partial charge >= 0.3 is 0 Å². The van der Waals surface area contributed by atoms with Crippen LogP contribution in [0.25, 0.3) is 11.2 Å². The van der Waals surface area contributed by atoms with Gasteiger partial charge in [0.2, 0.25) is 0 Å². The van der Waals surface area contributed by atoms with Gasteiger partial charge in [-0.25, -0.2) is 19.6 Å². The van der Waals surface area contributed by atoms with Crippen molar-refractivity contribution >= 4 is 31.4 Å². The SMILES string of the molecule is COc1ccc(C(OC[C@H]2C=C[C@@H](n3cnc4c(NC(=O)c5ccccc5)ncnc43)C[C@@H]2OP(OCCC#N)N(C(C)C)C(C)C)(c2ccccc2)c2ccccc2)cc1. The minimum Gasteiger partial charge on any atom is -0.497 e. The molecule has 0 aliphatic heterocycles. The second-order valence-electron chi connectivity index (χ2n) is 15.4. The molecule has 0 radical (unpaired) electrons. The zero-order valence-corrected chi connectivity index (χ0v) is 36.1. The zero-order valence-electron chi connectivity index (χ0n) is 35.2. The van der Waals surface area contributed by atoms with Gasteiger partial charge in [-0.1, -0.05) is 103 Å². The largest absolute Gasteiger partial charge is 0.497 e. The molecule has 4 atom stereocenters. The fourth-order valence-electron chi connectivity index (χ4n) is 7.88. The molecule has 1 aliphatic carbocycles. The first-order valence-corrected chi connectivity index (χ1v) is 21.7. The van der Waals surface area contributed by atoms with E-state index in [4.69, 9.17) is 23.5 Å². The number of nitriles is 1. The maximum absolute atomic E-state index is 13.1. The fraction of sp³-hybridized carbons (Fsp3) is 0.312. The van der Waals surface area contributed by atoms with Crippen LogP contribution < -0.4 is 10.1 Å². The average molecular weight is 838 g/mol. The standard InChI is InChI=1S/C48H52N7O5P/c1-34(2)55(35(3)4)61(59-29-15-28-49)60-43-30-41(54-33-52-44-45(50-32-51-46(44)54)53-47(56)36-16-9-6-10-17-36)25-22-37(43)31-58-48(38-18-11-7-12-19-38,39-20-13-8-14-21-39)40-23-26-42(57-5)27-24-40/h6-14,16-27,32-35,37,41,43H,15,29-31H2,1-5H3,(H,50,51,53,56)/t37-,41-,43+,61?/m1/s1. The van der Waals surface area contributed by atoms with Crippen molar-refractivity contribution in [2.45, 2.75) is 70.4 Å². The maximum Gasteiger partial charge on any atom is 0.259 e. The van der Waals surface area contributed by atoms with E-state index in [9.17, 15) is 10.1 Å². The number of hydrogen-bond donors (Lipinski definition) is 1. The van der Waals surface area contributed by atoms with E-state index in [0.29, 0.717) is 29.0 Å². The monoisotopic (exact) mass is 837 g/mol. The Kier molecular flexibility index (Phi) is 14.3. The number of allylic oxidation sites excluding steroid dienone is 1. The third kappa shape index (κ3) is 9.73. The number of ether oxygens (including phenoxy) is 2. The molecule has 1 N–H and O–H groups in total. The van der Waals surface area contributed by atoms with Gasteiger partial charge in [0, 0.05) is 23.6 Å². The minimum absolute atomic E-state index is 0.107. The molecule has 1 aliphatic rings. The van der Waals surface area contributed by atoms with Crippen LogP contribution in [0.15, 0.2) is 140 Å². The number of imidazole rings is 1. The van der Waals surface area contributed by atoms with Crippen LogP contribution >= 0.6 is 8.53 Å². The van der Waals surface area contributed by atoms with E-state index in [1.165, 1.54) is 6.33 Å². The quantitative estimate of drug-likeness (QED) is 0.0386. The lowest BCUT2D eigenvalue weighted by Crippen LogP contribution is -2.40. The topological polar surface area (TPSA) is 137 Å². The summed E-state index contributed by atoms with van der Waals surface area (Å²) >= 11 is 0. The van der Waals surface area contributed by atoms with Gasteiger partial charge in [-0.15, -0.1) is 0 Å². The van der Waals surface area contributed by atoms with E-state index in [2.05, 4.69) is 102 Å². The summed E-state index contributed by atoms with van der Waals surface area (Å²) in [5, 5.41) is 12.4. The van der Waals surface area contributed by atoms with Gasteiger partial charge < -0.3 is 28.4 Å². The normalized spacial score (nSPS) is 17.1. The van der Waals surface area contributed by atoms with Crippen molar-refractivity contribution in [1.82, 2.24) is 24.2 Å². The van der Waals surface area contributed by atoms with Crippen molar-refractivity contribution in [3.63, 3.8) is 0 Å². The predicted octanol–water partition coefficient (Wildman–Crippen LogP) is 9.87. The Morgan fingerprint density at radius 1 is 0.869 bits per heavy atom. The smallest absolute Gasteiger partial charge is 0.259 e. The first-order valence-electron chi connectivity index (χ1n) is 20.6. The highest BCUT2D eigenvalue weighted by Crippen LogP contribution is 2.50. The number of methoxy groups -OCH3 is 1. The number of benzene rings is 4. The van der Waals surface area contributed by atoms with Crippen LogP contribution in [0.4, 0.5) is 5.82 Å². The summed E-state index contributed by atoms with van der Waals surface area (Å²) in [4.78, 5) is 26.9. The van der Waals surface area contributed by atoms with Gasteiger partial charge in [0.15, 0.2) is 17.0 Å². The Bertz CT molecular complexity index is 2360. The molecule has 4 aromatic carbocycles. The van der Waals surface area contributed by atoms with Crippen molar-refractivity contribution < 1.29 is 23.3 Å². The molecule has 2 heterocycles. The van der Waals surface area contributed by atoms with Crippen molar-refractivity contribution in [3.8, 4) is 11.8 Å². The lowest BCUT2D eigenvalue weighted by Gasteiger charge is -2.42. The molecule has 0 fully saturated rings. The fourth-order valence-corrected chi connectivity index (χ4v) is 9.66. The molecule has 1 unspecified atom stereocenters. The third-order valence-corrected chi connectivity index (χ3v) is 12.9. The maximum atomic E-state index is 13.1. The van der Waals surface area contributed by atoms with Gasteiger partial charge in [0.1, 0.15) is 17.7 Å². The Hall–Kier alpha value is -5.80. The van der Waals surface area contributed by atoms with Crippen molar-refractivity contribution in [2.24, 2.45) is 5.92 Å². The molecule has 1 amide bonds. The highest BCUT2D eigenvalue weighted by molar-refractivity contribution is 7.44. The molecule has 0 bridgehead atoms. The molecule has 0 saturated carbocycles. The van der Waals surface area contributed by atoms with Gasteiger partial charge in [0.05, 0.1) is 51.3 Å². The second-order valence-corrected chi connectivity index (χ2v) is 16.8. The summed E-state index contributed by atoms with van der Waals surface area (Å²) in [5.41, 5.74) is 3.49. The summed E-state index contributed by atoms with van der Waals surface area (Å²) in [6.07, 6.45) is 7.87. The first kappa shape index (κ1) is 43.3. The molecular weight excluding hydrogens is 786 g/mol. The Morgan fingerprint density at radius 3 is 2.10 bits per heavy atom. The number of rotatable bonds is 18. The Labute approximate surface area is 359 Å². The number of fused-ring (bicyclic) bond motifs is 1. The molecule has 0 spiro atoms. The van der Waals surface area contributed by atoms with Crippen LogP contribution in [0, 0.1) is 17.2 Å². The number of nitrogens with one attached hydrogen (secondary N) is 1. The zero-order chi connectivity index (χ0) is 42.8. The van der Waals surface area contributed by atoms with Crippen molar-refractivity contribution in [1.29, 1.82) is 5.26 Å². The Morgan fingerprint density at radius 2 is 1.49 bits per heavy atom. The molecular formula is C48H52N7O5P. The third-order valence-electron chi connectivity index (χ3n) is 10.8. The number of anilines is 1. The van der Waals surface area contributed by atoms with Gasteiger partial charge in [-0.3, -0.25) is 4.79 Å². The molecule has 12 nitrogen and oxygen atoms in total. The highest BCUT2D eigenvalue weighted by Gasteiger charge is 2.41. The summed E-state index contributed by atoms with van der Waals surface area (Å²) < 4.78 is 30.9. The van der Waals surface area contributed by atoms with Gasteiger partial charge in [-0.05, 0) is 75.1 Å². The van der Waals surface area contributed by atoms with Gasteiger partial charge in [-0.2, -0.15) is 5.26 Å². The molecule has 2 aromatic heterocycles. The first-order chi connectivity index (χ1) is 29.7. The summed E-state index contributed by atoms with van der Waals surface area (Å²) in [5.74, 6) is 0.565. The van der Waals surface area contributed by atoms with E-state index < -0.39 is 20.2 Å². The van der Waals surface area contributed by atoms with E-state index in [1.54, 1.807) is 25.6 Å². The average Bonchev–Trinajstić information content (AvgIpc) is 3.73. The summed E-state index contributed by atoms with van der Waals surface area (Å²) in [6, 6.07) is 39.8. The summed E-state index contributed by atoms with van der Waals surface area (Å²) in [6.45, 7) is 9.05. The molecule has 6 aromatic rings. The highest BCUT2D eigenvalue weighted by atomic mass is 31.2. The van der Waals surface area contributed by atoms with Crippen LogP contribution in [-0.2, 0) is 19.4 Å². The predicted molar refractivity (Wildman–Crippen MR) is 238 cm³/mol. The number of nitrogens with zero attached hydrogens (tertiary/aromatic N) is 6.